The van der Waals surface area contributed by atoms with Crippen LogP contribution in [0.1, 0.15) is 0 Å². The highest BCUT2D eigenvalue weighted by Gasteiger charge is 2.21. The molecule has 6 aromatic rings. The predicted molar refractivity (Wildman–Crippen MR) is 198 cm³/mol. The molecular formula is C33H26N4O13S4. The summed E-state index contributed by atoms with van der Waals surface area (Å²) in [5, 5.41) is 25.0. The zero-order valence-corrected chi connectivity index (χ0v) is 30.3. The van der Waals surface area contributed by atoms with Gasteiger partial charge in [0.1, 0.15) is 21.3 Å². The summed E-state index contributed by atoms with van der Waals surface area (Å²) < 4.78 is 123. The van der Waals surface area contributed by atoms with E-state index in [-0.39, 0.29) is 54.1 Å². The van der Waals surface area contributed by atoms with Crippen molar-refractivity contribution in [1.82, 2.24) is 0 Å². The second kappa shape index (κ2) is 13.8. The molecule has 6 aromatic carbocycles. The molecule has 0 spiro atoms. The molecule has 0 aliphatic carbocycles. The van der Waals surface area contributed by atoms with E-state index in [9.17, 15) is 57.8 Å². The minimum Gasteiger partial charge on any atom is -0.508 e. The van der Waals surface area contributed by atoms with Crippen LogP contribution in [0.4, 0.5) is 27.5 Å². The Bertz CT molecular complexity index is 2740. The second-order valence-corrected chi connectivity index (χ2v) is 17.7. The van der Waals surface area contributed by atoms with Crippen molar-refractivity contribution >= 4 is 90.6 Å². The van der Waals surface area contributed by atoms with E-state index in [2.05, 4.69) is 20.1 Å². The van der Waals surface area contributed by atoms with E-state index >= 15 is 0 Å². The first-order valence-corrected chi connectivity index (χ1v) is 20.8. The van der Waals surface area contributed by atoms with E-state index in [0.29, 0.717) is 0 Å². The highest BCUT2D eigenvalue weighted by Crippen LogP contribution is 2.33. The van der Waals surface area contributed by atoms with Crippen LogP contribution < -0.4 is 20.1 Å². The third-order valence-corrected chi connectivity index (χ3v) is 12.3. The summed E-state index contributed by atoms with van der Waals surface area (Å²) in [6.07, 6.45) is 0. The van der Waals surface area contributed by atoms with Crippen molar-refractivity contribution in [1.29, 1.82) is 0 Å². The average Bonchev–Trinajstić information content (AvgIpc) is 3.07. The molecule has 2 amide bonds. The van der Waals surface area contributed by atoms with Gasteiger partial charge in [-0.3, -0.25) is 18.5 Å². The Morgan fingerprint density at radius 3 is 1.11 bits per heavy atom. The molecule has 8 N–H and O–H groups in total. The maximum atomic E-state index is 13.1. The fraction of sp³-hybridized carbons (Fsp3) is 0. The van der Waals surface area contributed by atoms with Crippen molar-refractivity contribution in [3.05, 3.63) is 109 Å². The normalized spacial score (nSPS) is 12.3. The van der Waals surface area contributed by atoms with Crippen LogP contribution in [-0.2, 0) is 40.3 Å². The van der Waals surface area contributed by atoms with Crippen LogP contribution in [0.25, 0.3) is 21.5 Å². The molecule has 0 unspecified atom stereocenters. The first kappa shape index (κ1) is 37.8. The molecule has 0 radical (unpaired) electrons. The second-order valence-electron chi connectivity index (χ2n) is 11.5. The lowest BCUT2D eigenvalue weighted by atomic mass is 10.1. The Labute approximate surface area is 307 Å². The Kier molecular flexibility index (Phi) is 9.64. The largest absolute Gasteiger partial charge is 0.508 e. The fourth-order valence-corrected chi connectivity index (χ4v) is 8.88. The number of benzene rings is 6. The molecule has 0 saturated carbocycles. The van der Waals surface area contributed by atoms with Gasteiger partial charge in [-0.15, -0.1) is 0 Å². The quantitative estimate of drug-likeness (QED) is 0.0833. The van der Waals surface area contributed by atoms with E-state index in [1.54, 1.807) is 0 Å². The lowest BCUT2D eigenvalue weighted by Crippen LogP contribution is -2.20. The van der Waals surface area contributed by atoms with Gasteiger partial charge in [-0.1, -0.05) is 12.1 Å². The predicted octanol–water partition coefficient (Wildman–Crippen LogP) is 5.14. The van der Waals surface area contributed by atoms with Crippen LogP contribution in [0.2, 0.25) is 0 Å². The summed E-state index contributed by atoms with van der Waals surface area (Å²) in [4.78, 5) is 11.0. The number of urea groups is 1. The molecular weight excluding hydrogens is 789 g/mol. The molecule has 0 atom stereocenters. The van der Waals surface area contributed by atoms with E-state index in [1.807, 2.05) is 0 Å². The van der Waals surface area contributed by atoms with E-state index < -0.39 is 67.6 Å². The van der Waals surface area contributed by atoms with Gasteiger partial charge in [-0.25, -0.2) is 21.6 Å². The zero-order chi connectivity index (χ0) is 39.2. The van der Waals surface area contributed by atoms with Crippen molar-refractivity contribution in [2.75, 3.05) is 20.1 Å². The number of carbonyl (C=O) groups excluding carboxylic acids is 1. The SMILES string of the molecule is O=C(Nc1ccc(S(=O)(=O)Nc2ccc3cc(O)cc(S(=O)(=O)O)c3c2)cc1)Nc1ccc(S(=O)(=O)Nc2ccc3cc(O)cc(S(=O)(=O)O)c3c2)cc1. The van der Waals surface area contributed by atoms with Crippen LogP contribution in [0, 0.1) is 0 Å². The standard InChI is InChI=1S/C33H26N4O13S4/c38-25-13-19-1-3-23(15-29(19)31(17-25)53(45,46)47)36-51(41,42)27-9-5-21(6-10-27)34-33(40)35-22-7-11-28(12-8-22)52(43,44)37-24-4-2-20-14-26(39)18-32(30(20)16-24)54(48,49)50/h1-18,36-39H,(H2,34,35,40)(H,45,46,47)(H,48,49,50). The number of rotatable bonds is 10. The van der Waals surface area contributed by atoms with Crippen LogP contribution >= 0.6 is 0 Å². The number of aromatic hydroxyl groups is 2. The molecule has 0 aliphatic rings. The molecule has 0 aromatic heterocycles. The van der Waals surface area contributed by atoms with Crippen molar-refractivity contribution in [2.45, 2.75) is 19.6 Å². The third-order valence-electron chi connectivity index (χ3n) is 7.71. The van der Waals surface area contributed by atoms with Gasteiger partial charge in [0, 0.05) is 45.7 Å². The molecule has 0 aliphatic heterocycles. The molecule has 280 valence electrons. The number of fused-ring (bicyclic) bond motifs is 2. The van der Waals surface area contributed by atoms with Crippen LogP contribution in [0.5, 0.6) is 11.5 Å². The molecule has 0 bridgehead atoms. The topological polar surface area (TPSA) is 283 Å². The number of phenols is 2. The summed E-state index contributed by atoms with van der Waals surface area (Å²) in [6, 6.07) is 21.0. The molecule has 0 heterocycles. The van der Waals surface area contributed by atoms with E-state index in [0.717, 1.165) is 12.1 Å². The van der Waals surface area contributed by atoms with Gasteiger partial charge < -0.3 is 20.8 Å². The van der Waals surface area contributed by atoms with Crippen molar-refractivity contribution in [3.8, 4) is 11.5 Å². The van der Waals surface area contributed by atoms with Gasteiger partial charge in [-0.05, 0) is 95.7 Å². The van der Waals surface area contributed by atoms with Crippen molar-refractivity contribution < 1.29 is 57.8 Å². The molecule has 54 heavy (non-hydrogen) atoms. The highest BCUT2D eigenvalue weighted by molar-refractivity contribution is 7.93. The van der Waals surface area contributed by atoms with Gasteiger partial charge in [0.15, 0.2) is 0 Å². The number of sulfonamides is 2. The lowest BCUT2D eigenvalue weighted by Gasteiger charge is -2.12. The zero-order valence-electron chi connectivity index (χ0n) is 27.0. The number of nitrogens with one attached hydrogen (secondary N) is 4. The average molecular weight is 815 g/mol. The number of carbonyl (C=O) groups is 1. The van der Waals surface area contributed by atoms with E-state index in [4.69, 9.17) is 0 Å². The molecule has 21 heteroatoms. The smallest absolute Gasteiger partial charge is 0.323 e. The Morgan fingerprint density at radius 1 is 0.444 bits per heavy atom. The summed E-state index contributed by atoms with van der Waals surface area (Å²) in [5.74, 6) is -0.844. The van der Waals surface area contributed by atoms with Crippen LogP contribution in [0.15, 0.2) is 129 Å². The number of anilines is 4. The van der Waals surface area contributed by atoms with Crippen LogP contribution in [0.3, 0.4) is 0 Å². The van der Waals surface area contributed by atoms with Gasteiger partial charge in [0.05, 0.1) is 9.79 Å². The Hall–Kier alpha value is -5.97. The molecule has 6 rings (SSSR count). The van der Waals surface area contributed by atoms with Crippen LogP contribution in [-0.4, -0.2) is 59.0 Å². The number of phenolic OH excluding ortho intramolecular Hbond substituents is 2. The van der Waals surface area contributed by atoms with Gasteiger partial charge >= 0.3 is 6.03 Å². The first-order chi connectivity index (χ1) is 25.2. The number of hydrogen-bond acceptors (Lipinski definition) is 11. The fourth-order valence-electron chi connectivity index (χ4n) is 5.33. The highest BCUT2D eigenvalue weighted by atomic mass is 32.2. The van der Waals surface area contributed by atoms with Crippen molar-refractivity contribution in [3.63, 3.8) is 0 Å². The lowest BCUT2D eigenvalue weighted by molar-refractivity contribution is 0.262. The Morgan fingerprint density at radius 2 is 0.778 bits per heavy atom. The first-order valence-electron chi connectivity index (χ1n) is 15.0. The molecule has 0 fully saturated rings. The van der Waals surface area contributed by atoms with E-state index in [1.165, 1.54) is 97.1 Å². The summed E-state index contributed by atoms with van der Waals surface area (Å²) in [5.41, 5.74) is 0.278. The van der Waals surface area contributed by atoms with Gasteiger partial charge in [-0.2, -0.15) is 16.8 Å². The van der Waals surface area contributed by atoms with Gasteiger partial charge in [0.25, 0.3) is 40.3 Å². The minimum absolute atomic E-state index is 0.0425. The molecule has 0 saturated heterocycles. The summed E-state index contributed by atoms with van der Waals surface area (Å²) in [7, 11) is -18.0. The number of hydrogen-bond donors (Lipinski definition) is 8. The van der Waals surface area contributed by atoms with Gasteiger partial charge in [0.2, 0.25) is 0 Å². The number of amides is 2. The maximum Gasteiger partial charge on any atom is 0.323 e. The monoisotopic (exact) mass is 814 g/mol. The summed E-state index contributed by atoms with van der Waals surface area (Å²) >= 11 is 0. The van der Waals surface area contributed by atoms with Crippen molar-refractivity contribution in [2.24, 2.45) is 0 Å². The molecule has 17 nitrogen and oxygen atoms in total. The minimum atomic E-state index is -4.76. The summed E-state index contributed by atoms with van der Waals surface area (Å²) in [6.45, 7) is 0. The maximum absolute atomic E-state index is 13.1. The third kappa shape index (κ3) is 8.30. The Balaban J connectivity index is 1.10.